The normalized spacial score (nSPS) is 10.5. The maximum atomic E-state index is 4.41. The molecule has 0 radical (unpaired) electrons. The van der Waals surface area contributed by atoms with E-state index in [2.05, 4.69) is 39.8 Å². The summed E-state index contributed by atoms with van der Waals surface area (Å²) in [5.41, 5.74) is 2.23. The minimum atomic E-state index is 0.848. The molecule has 14 heavy (non-hydrogen) atoms. The van der Waals surface area contributed by atoms with Crippen molar-refractivity contribution in [3.63, 3.8) is 0 Å². The first-order valence-electron chi connectivity index (χ1n) is 4.68. The highest BCUT2D eigenvalue weighted by Crippen LogP contribution is 2.19. The SMILES string of the molecule is C=CCNCCn1nc(C)c(Br)c1C. The summed E-state index contributed by atoms with van der Waals surface area (Å²) in [5.74, 6) is 0. The van der Waals surface area contributed by atoms with Gasteiger partial charge in [-0.3, -0.25) is 4.68 Å². The van der Waals surface area contributed by atoms with Gasteiger partial charge < -0.3 is 5.32 Å². The first kappa shape index (κ1) is 11.5. The number of halogens is 1. The van der Waals surface area contributed by atoms with Crippen molar-refractivity contribution in [2.24, 2.45) is 0 Å². The number of aromatic nitrogens is 2. The third-order valence-corrected chi connectivity index (χ3v) is 3.23. The number of rotatable bonds is 5. The third kappa shape index (κ3) is 2.69. The Morgan fingerprint density at radius 2 is 2.29 bits per heavy atom. The van der Waals surface area contributed by atoms with Gasteiger partial charge in [0.2, 0.25) is 0 Å². The molecule has 0 saturated heterocycles. The number of nitrogens with one attached hydrogen (secondary N) is 1. The Morgan fingerprint density at radius 1 is 1.57 bits per heavy atom. The lowest BCUT2D eigenvalue weighted by atomic mass is 10.4. The monoisotopic (exact) mass is 257 g/mol. The smallest absolute Gasteiger partial charge is 0.0738 e. The van der Waals surface area contributed by atoms with Crippen LogP contribution in [0.25, 0.3) is 0 Å². The van der Waals surface area contributed by atoms with E-state index in [1.54, 1.807) is 0 Å². The van der Waals surface area contributed by atoms with Crippen LogP contribution in [-0.4, -0.2) is 22.9 Å². The van der Waals surface area contributed by atoms with Crippen molar-refractivity contribution in [2.45, 2.75) is 20.4 Å². The summed E-state index contributed by atoms with van der Waals surface area (Å²) in [7, 11) is 0. The Kier molecular flexibility index (Phi) is 4.35. The van der Waals surface area contributed by atoms with Gasteiger partial charge in [-0.05, 0) is 29.8 Å². The van der Waals surface area contributed by atoms with Gasteiger partial charge in [-0.2, -0.15) is 5.10 Å². The van der Waals surface area contributed by atoms with Gasteiger partial charge in [0.25, 0.3) is 0 Å². The fourth-order valence-electron chi connectivity index (χ4n) is 1.28. The van der Waals surface area contributed by atoms with Gasteiger partial charge in [0.1, 0.15) is 0 Å². The Balaban J connectivity index is 2.50. The molecule has 1 N–H and O–H groups in total. The van der Waals surface area contributed by atoms with E-state index >= 15 is 0 Å². The molecule has 1 aromatic heterocycles. The van der Waals surface area contributed by atoms with E-state index in [1.807, 2.05) is 17.7 Å². The molecule has 0 aliphatic heterocycles. The van der Waals surface area contributed by atoms with Crippen molar-refractivity contribution >= 4 is 15.9 Å². The molecule has 0 atom stereocenters. The van der Waals surface area contributed by atoms with Crippen LogP contribution < -0.4 is 5.32 Å². The van der Waals surface area contributed by atoms with Gasteiger partial charge in [0.05, 0.1) is 16.7 Å². The summed E-state index contributed by atoms with van der Waals surface area (Å²) in [6, 6.07) is 0. The van der Waals surface area contributed by atoms with E-state index in [4.69, 9.17) is 0 Å². The van der Waals surface area contributed by atoms with Gasteiger partial charge in [0, 0.05) is 18.8 Å². The molecular formula is C10H16BrN3. The van der Waals surface area contributed by atoms with Crippen LogP contribution in [0.1, 0.15) is 11.4 Å². The van der Waals surface area contributed by atoms with E-state index < -0.39 is 0 Å². The average Bonchev–Trinajstić information content (AvgIpc) is 2.41. The lowest BCUT2D eigenvalue weighted by molar-refractivity contribution is 0.558. The fraction of sp³-hybridized carbons (Fsp3) is 0.500. The zero-order valence-corrected chi connectivity index (χ0v) is 10.3. The molecule has 0 spiro atoms. The molecule has 0 fully saturated rings. The summed E-state index contributed by atoms with van der Waals surface area (Å²) in [4.78, 5) is 0. The highest BCUT2D eigenvalue weighted by molar-refractivity contribution is 9.10. The highest BCUT2D eigenvalue weighted by Gasteiger charge is 2.07. The first-order chi connectivity index (χ1) is 6.66. The Labute approximate surface area is 93.3 Å². The molecule has 0 amide bonds. The first-order valence-corrected chi connectivity index (χ1v) is 5.47. The molecule has 0 aliphatic carbocycles. The van der Waals surface area contributed by atoms with Gasteiger partial charge in [-0.25, -0.2) is 0 Å². The molecule has 0 bridgehead atoms. The topological polar surface area (TPSA) is 29.9 Å². The second-order valence-electron chi connectivity index (χ2n) is 3.20. The maximum Gasteiger partial charge on any atom is 0.0738 e. The summed E-state index contributed by atoms with van der Waals surface area (Å²) in [5, 5.41) is 7.66. The molecule has 0 aliphatic rings. The Hall–Kier alpha value is -0.610. The number of aryl methyl sites for hydroxylation is 1. The standard InChI is InChI=1S/C10H16BrN3/c1-4-5-12-6-7-14-9(3)10(11)8(2)13-14/h4,12H,1,5-7H2,2-3H3. The number of hydrogen-bond donors (Lipinski definition) is 1. The van der Waals surface area contributed by atoms with Gasteiger partial charge in [-0.15, -0.1) is 6.58 Å². The van der Waals surface area contributed by atoms with Crippen molar-refractivity contribution in [3.8, 4) is 0 Å². The van der Waals surface area contributed by atoms with Crippen LogP contribution in [0.4, 0.5) is 0 Å². The number of hydrogen-bond acceptors (Lipinski definition) is 2. The molecular weight excluding hydrogens is 242 g/mol. The van der Waals surface area contributed by atoms with Crippen LogP contribution in [0.3, 0.4) is 0 Å². The zero-order chi connectivity index (χ0) is 10.6. The van der Waals surface area contributed by atoms with Crippen LogP contribution in [-0.2, 0) is 6.54 Å². The van der Waals surface area contributed by atoms with Gasteiger partial charge in [0.15, 0.2) is 0 Å². The van der Waals surface area contributed by atoms with E-state index in [9.17, 15) is 0 Å². The van der Waals surface area contributed by atoms with Crippen molar-refractivity contribution < 1.29 is 0 Å². The molecule has 1 aromatic rings. The molecule has 1 heterocycles. The Morgan fingerprint density at radius 3 is 2.79 bits per heavy atom. The predicted octanol–water partition coefficient (Wildman–Crippen LogP) is 2.04. The minimum Gasteiger partial charge on any atom is -0.311 e. The number of nitrogens with zero attached hydrogens (tertiary/aromatic N) is 2. The molecule has 0 unspecified atom stereocenters. The lowest BCUT2D eigenvalue weighted by Gasteiger charge is -2.04. The van der Waals surface area contributed by atoms with Crippen LogP contribution in [0.2, 0.25) is 0 Å². The van der Waals surface area contributed by atoms with Crippen molar-refractivity contribution in [2.75, 3.05) is 13.1 Å². The lowest BCUT2D eigenvalue weighted by Crippen LogP contribution is -2.20. The fourth-order valence-corrected chi connectivity index (χ4v) is 1.57. The molecule has 78 valence electrons. The minimum absolute atomic E-state index is 0.848. The summed E-state index contributed by atoms with van der Waals surface area (Å²) >= 11 is 3.50. The molecule has 0 aromatic carbocycles. The molecule has 1 rings (SSSR count). The third-order valence-electron chi connectivity index (χ3n) is 2.08. The second kappa shape index (κ2) is 5.32. The zero-order valence-electron chi connectivity index (χ0n) is 8.68. The highest BCUT2D eigenvalue weighted by atomic mass is 79.9. The predicted molar refractivity (Wildman–Crippen MR) is 62.5 cm³/mol. The molecule has 4 heteroatoms. The van der Waals surface area contributed by atoms with Crippen molar-refractivity contribution in [1.82, 2.24) is 15.1 Å². The van der Waals surface area contributed by atoms with Crippen molar-refractivity contribution in [3.05, 3.63) is 28.5 Å². The van der Waals surface area contributed by atoms with Crippen LogP contribution in [0.15, 0.2) is 17.1 Å². The van der Waals surface area contributed by atoms with Crippen LogP contribution in [0.5, 0.6) is 0 Å². The van der Waals surface area contributed by atoms with E-state index in [0.717, 1.165) is 29.8 Å². The van der Waals surface area contributed by atoms with E-state index in [0.29, 0.717) is 0 Å². The Bertz CT molecular complexity index is 317. The largest absolute Gasteiger partial charge is 0.311 e. The van der Waals surface area contributed by atoms with Crippen molar-refractivity contribution in [1.29, 1.82) is 0 Å². The van der Waals surface area contributed by atoms with E-state index in [1.165, 1.54) is 5.69 Å². The van der Waals surface area contributed by atoms with E-state index in [-0.39, 0.29) is 0 Å². The van der Waals surface area contributed by atoms with Gasteiger partial charge >= 0.3 is 0 Å². The quantitative estimate of drug-likeness (QED) is 0.647. The summed E-state index contributed by atoms with van der Waals surface area (Å²) in [6.07, 6.45) is 1.86. The maximum absolute atomic E-state index is 4.41. The van der Waals surface area contributed by atoms with Crippen LogP contribution in [0, 0.1) is 13.8 Å². The second-order valence-corrected chi connectivity index (χ2v) is 3.99. The van der Waals surface area contributed by atoms with Crippen LogP contribution >= 0.6 is 15.9 Å². The molecule has 0 saturated carbocycles. The van der Waals surface area contributed by atoms with Gasteiger partial charge in [-0.1, -0.05) is 6.08 Å². The molecule has 3 nitrogen and oxygen atoms in total. The summed E-state index contributed by atoms with van der Waals surface area (Å²) in [6.45, 7) is 10.4. The average molecular weight is 258 g/mol. The summed E-state index contributed by atoms with van der Waals surface area (Å²) < 4.78 is 3.12.